The third-order valence-corrected chi connectivity index (χ3v) is 10.8. The first-order chi connectivity index (χ1) is 23.6. The van der Waals surface area contributed by atoms with Crippen molar-refractivity contribution >= 4 is 17.5 Å². The number of fused-ring (bicyclic) bond motifs is 8. The molecule has 0 spiro atoms. The van der Waals surface area contributed by atoms with Gasteiger partial charge < -0.3 is 29.9 Å². The third-order valence-electron chi connectivity index (χ3n) is 10.8. The number of carbonyl (C=O) groups is 2. The van der Waals surface area contributed by atoms with Crippen LogP contribution in [-0.2, 0) is 11.2 Å². The number of nitrogens with zero attached hydrogens (tertiary/aromatic N) is 1. The summed E-state index contributed by atoms with van der Waals surface area (Å²) in [7, 11) is 3.24. The molecule has 6 rings (SSSR count). The summed E-state index contributed by atoms with van der Waals surface area (Å²) in [5.41, 5.74) is 2.96. The molecule has 3 N–H and O–H groups in total. The smallest absolute Gasteiger partial charge is 0.321 e. The van der Waals surface area contributed by atoms with Crippen LogP contribution in [0, 0.1) is 5.41 Å². The van der Waals surface area contributed by atoms with Gasteiger partial charge in [0.15, 0.2) is 5.78 Å². The Morgan fingerprint density at radius 2 is 1.76 bits per heavy atom. The highest BCUT2D eigenvalue weighted by Crippen LogP contribution is 2.59. The lowest BCUT2D eigenvalue weighted by Crippen LogP contribution is -2.54. The number of para-hydroxylation sites is 1. The second-order valence-electron chi connectivity index (χ2n) is 14.1. The Bertz CT molecular complexity index is 1610. The minimum Gasteiger partial charge on any atom is -0.497 e. The monoisotopic (exact) mass is 668 g/mol. The number of rotatable bonds is 10. The Morgan fingerprint density at radius 1 is 1.00 bits per heavy atom. The number of aliphatic hydroxyl groups is 2. The maximum atomic E-state index is 14.3. The minimum absolute atomic E-state index is 0.0990. The van der Waals surface area contributed by atoms with Crippen LogP contribution in [-0.4, -0.2) is 72.5 Å². The van der Waals surface area contributed by atoms with Gasteiger partial charge >= 0.3 is 6.03 Å². The lowest BCUT2D eigenvalue weighted by Gasteiger charge is -2.46. The zero-order valence-electron chi connectivity index (χ0n) is 29.4. The van der Waals surface area contributed by atoms with Gasteiger partial charge in [-0.3, -0.25) is 4.79 Å². The number of benzene rings is 3. The molecular weight excluding hydrogens is 616 g/mol. The summed E-state index contributed by atoms with van der Waals surface area (Å²) in [6.07, 6.45) is 6.73. The molecule has 1 saturated carbocycles. The minimum atomic E-state index is -1.23. The van der Waals surface area contributed by atoms with Crippen LogP contribution in [0.25, 0.3) is 0 Å². The summed E-state index contributed by atoms with van der Waals surface area (Å²) in [5.74, 6) is 0.424. The van der Waals surface area contributed by atoms with Gasteiger partial charge in [-0.15, -0.1) is 0 Å². The lowest BCUT2D eigenvalue weighted by molar-refractivity contribution is -0.0767. The molecule has 2 bridgehead atoms. The summed E-state index contributed by atoms with van der Waals surface area (Å²) >= 11 is 0. The van der Waals surface area contributed by atoms with Crippen LogP contribution in [0.3, 0.4) is 0 Å². The molecule has 0 unspecified atom stereocenters. The van der Waals surface area contributed by atoms with Crippen molar-refractivity contribution in [3.8, 4) is 5.75 Å². The zero-order valence-corrected chi connectivity index (χ0v) is 29.4. The number of allylic oxidation sites excluding steroid dienone is 2. The summed E-state index contributed by atoms with van der Waals surface area (Å²) in [5, 5.41) is 26.8. The van der Waals surface area contributed by atoms with Crippen molar-refractivity contribution in [1.29, 1.82) is 0 Å². The number of amides is 2. The van der Waals surface area contributed by atoms with Crippen LogP contribution < -0.4 is 10.1 Å². The zero-order chi connectivity index (χ0) is 35.0. The molecule has 0 aliphatic heterocycles. The van der Waals surface area contributed by atoms with E-state index in [1.54, 1.807) is 43.4 Å². The van der Waals surface area contributed by atoms with Gasteiger partial charge in [0, 0.05) is 42.5 Å². The normalized spacial score (nSPS) is 24.0. The van der Waals surface area contributed by atoms with E-state index in [0.717, 1.165) is 24.0 Å². The molecule has 2 amide bonds. The Labute approximate surface area is 291 Å². The largest absolute Gasteiger partial charge is 0.497 e. The Morgan fingerprint density at radius 3 is 2.47 bits per heavy atom. The van der Waals surface area contributed by atoms with Crippen LogP contribution in [0.15, 0.2) is 84.4 Å². The molecular formula is C41H52N2O6. The van der Waals surface area contributed by atoms with E-state index in [1.165, 1.54) is 5.57 Å². The topological polar surface area (TPSA) is 108 Å². The molecule has 4 atom stereocenters. The van der Waals surface area contributed by atoms with Crippen LogP contribution in [0.4, 0.5) is 10.5 Å². The van der Waals surface area contributed by atoms with E-state index in [1.807, 2.05) is 48.5 Å². The fourth-order valence-electron chi connectivity index (χ4n) is 7.79. The molecule has 3 aromatic rings. The van der Waals surface area contributed by atoms with Gasteiger partial charge in [-0.05, 0) is 118 Å². The second kappa shape index (κ2) is 16.2. The average molecular weight is 669 g/mol. The summed E-state index contributed by atoms with van der Waals surface area (Å²) in [6, 6.07) is 22.3. The number of methoxy groups -OCH3 is 2. The number of carbonyl (C=O) groups excluding carboxylic acids is 2. The number of hydrogen-bond donors (Lipinski definition) is 3. The van der Waals surface area contributed by atoms with Gasteiger partial charge in [0.25, 0.3) is 0 Å². The molecule has 8 heteroatoms. The van der Waals surface area contributed by atoms with Gasteiger partial charge in [-0.2, -0.15) is 0 Å². The van der Waals surface area contributed by atoms with Gasteiger partial charge in [0.05, 0.1) is 25.4 Å². The highest BCUT2D eigenvalue weighted by atomic mass is 16.5. The van der Waals surface area contributed by atoms with Gasteiger partial charge in [0.2, 0.25) is 0 Å². The van der Waals surface area contributed by atoms with Crippen molar-refractivity contribution in [2.45, 2.75) is 82.8 Å². The number of aliphatic hydroxyl groups excluding tert-OH is 1. The van der Waals surface area contributed by atoms with E-state index >= 15 is 0 Å². The second-order valence-corrected chi connectivity index (χ2v) is 14.1. The van der Waals surface area contributed by atoms with Crippen LogP contribution in [0.1, 0.15) is 91.8 Å². The van der Waals surface area contributed by atoms with Crippen molar-refractivity contribution in [1.82, 2.24) is 4.90 Å². The quantitative estimate of drug-likeness (QED) is 0.117. The number of nitrogens with one attached hydrogen (secondary N) is 1. The molecule has 49 heavy (non-hydrogen) atoms. The van der Waals surface area contributed by atoms with E-state index < -0.39 is 17.1 Å². The fraction of sp³-hybridized carbons (Fsp3) is 0.463. The van der Waals surface area contributed by atoms with Gasteiger partial charge in [0.1, 0.15) is 5.75 Å². The molecule has 8 nitrogen and oxygen atoms in total. The van der Waals surface area contributed by atoms with Gasteiger partial charge in [-0.25, -0.2) is 4.79 Å². The highest BCUT2D eigenvalue weighted by molar-refractivity contribution is 6.10. The van der Waals surface area contributed by atoms with Crippen molar-refractivity contribution < 1.29 is 29.3 Å². The Balaban J connectivity index is 1.56. The maximum Gasteiger partial charge on any atom is 0.321 e. The molecule has 3 aliphatic rings. The van der Waals surface area contributed by atoms with Crippen LogP contribution in [0.2, 0.25) is 0 Å². The number of hydrogen-bond acceptors (Lipinski definition) is 6. The molecule has 0 aromatic heterocycles. The first-order valence-corrected chi connectivity index (χ1v) is 17.5. The molecule has 0 heterocycles. The molecule has 262 valence electrons. The molecule has 0 radical (unpaired) electrons. The summed E-state index contributed by atoms with van der Waals surface area (Å²) in [4.78, 5) is 29.8. The predicted molar refractivity (Wildman–Crippen MR) is 193 cm³/mol. The van der Waals surface area contributed by atoms with Crippen LogP contribution >= 0.6 is 0 Å². The highest BCUT2D eigenvalue weighted by Gasteiger charge is 2.57. The summed E-state index contributed by atoms with van der Waals surface area (Å²) < 4.78 is 10.7. The van der Waals surface area contributed by atoms with E-state index in [0.29, 0.717) is 74.2 Å². The van der Waals surface area contributed by atoms with Gasteiger partial charge in [-0.1, -0.05) is 48.9 Å². The fourth-order valence-corrected chi connectivity index (χ4v) is 7.79. The van der Waals surface area contributed by atoms with Crippen molar-refractivity contribution in [3.63, 3.8) is 0 Å². The Hall–Kier alpha value is -3.98. The predicted octanol–water partition coefficient (Wildman–Crippen LogP) is 7.54. The van der Waals surface area contributed by atoms with E-state index in [9.17, 15) is 19.8 Å². The van der Waals surface area contributed by atoms with Crippen molar-refractivity contribution in [2.75, 3.05) is 39.2 Å². The van der Waals surface area contributed by atoms with E-state index in [-0.39, 0.29) is 24.3 Å². The molecule has 3 aliphatic carbocycles. The SMILES string of the molecule is COCCCN(C[C@]1(O)CC[C@H]2c3ccc(cc3C(=O)c3ccc(OC)cc3)C[C@@H](O)CCC(C)=CCC[C@@]21C)C(=O)Nc1ccccc1. The standard InChI is InChI=1S/C41H52N2O6/c1-29-10-8-22-40(2)37(21-23-41(40,47)28-43(24-9-25-48-3)39(46)42-32-11-6-5-7-12-32)35-20-14-30(26-33(44)17-13-29)27-36(35)38(45)31-15-18-34(49-4)19-16-31/h5-7,10-12,14-16,18-20,27,33,37,44,47H,8-9,13,17,21-26,28H2,1-4H3,(H,42,46)/t33-,37-,40-,41+/m0/s1. The first-order valence-electron chi connectivity index (χ1n) is 17.5. The lowest BCUT2D eigenvalue weighted by atomic mass is 9.64. The van der Waals surface area contributed by atoms with E-state index in [4.69, 9.17) is 9.47 Å². The average Bonchev–Trinajstić information content (AvgIpc) is 3.35. The van der Waals surface area contributed by atoms with E-state index in [2.05, 4.69) is 25.2 Å². The molecule has 1 fully saturated rings. The molecule has 3 aromatic carbocycles. The maximum absolute atomic E-state index is 14.3. The van der Waals surface area contributed by atoms with Crippen LogP contribution in [0.5, 0.6) is 5.75 Å². The van der Waals surface area contributed by atoms with Crippen molar-refractivity contribution in [2.24, 2.45) is 5.41 Å². The number of urea groups is 1. The number of anilines is 1. The Kier molecular flexibility index (Phi) is 12.0. The molecule has 0 saturated heterocycles. The third kappa shape index (κ3) is 8.43. The van der Waals surface area contributed by atoms with Crippen molar-refractivity contribution in [3.05, 3.63) is 107 Å². The number of ether oxygens (including phenoxy) is 2. The first kappa shape index (κ1) is 36.3. The summed E-state index contributed by atoms with van der Waals surface area (Å²) in [6.45, 7) is 5.31. The number of ketones is 1.